The molecule has 0 aromatic heterocycles. The van der Waals surface area contributed by atoms with Crippen molar-refractivity contribution < 1.29 is 9.53 Å². The Hall–Kier alpha value is -1.02. The molecule has 0 spiro atoms. The molecular weight excluding hydrogens is 224 g/mol. The molecule has 3 heteroatoms. The first kappa shape index (κ1) is 11.5. The van der Waals surface area contributed by atoms with Gasteiger partial charge >= 0.3 is 0 Å². The molecule has 16 heavy (non-hydrogen) atoms. The molecule has 0 amide bonds. The minimum Gasteiger partial charge on any atom is -0.493 e. The predicted octanol–water partition coefficient (Wildman–Crippen LogP) is 3.21. The Morgan fingerprint density at radius 1 is 1.25 bits per heavy atom. The van der Waals surface area contributed by atoms with E-state index in [0.29, 0.717) is 18.9 Å². The zero-order valence-electron chi connectivity index (χ0n) is 9.17. The quantitative estimate of drug-likeness (QED) is 0.582. The number of Topliss-reactive ketones (excluding diaryl/α,β-unsaturated/α-hetero) is 1. The molecule has 1 aliphatic carbocycles. The molecule has 0 saturated carbocycles. The molecule has 0 radical (unpaired) electrons. The maximum Gasteiger partial charge on any atom is 0.167 e. The fourth-order valence-corrected chi connectivity index (χ4v) is 2.16. The highest BCUT2D eigenvalue weighted by molar-refractivity contribution is 6.17. The van der Waals surface area contributed by atoms with Crippen LogP contribution in [0.3, 0.4) is 0 Å². The van der Waals surface area contributed by atoms with Crippen LogP contribution in [0, 0.1) is 0 Å². The highest BCUT2D eigenvalue weighted by Crippen LogP contribution is 2.30. The number of fused-ring (bicyclic) bond motifs is 1. The van der Waals surface area contributed by atoms with E-state index in [2.05, 4.69) is 0 Å². The number of carbonyl (C=O) groups is 1. The van der Waals surface area contributed by atoms with Gasteiger partial charge in [-0.05, 0) is 30.9 Å². The van der Waals surface area contributed by atoms with Gasteiger partial charge in [-0.25, -0.2) is 0 Å². The number of carbonyl (C=O) groups excluding carboxylic acids is 1. The first-order chi connectivity index (χ1) is 7.83. The lowest BCUT2D eigenvalue weighted by atomic mass is 10.1. The summed E-state index contributed by atoms with van der Waals surface area (Å²) in [4.78, 5) is 11.7. The van der Waals surface area contributed by atoms with Crippen LogP contribution in [-0.4, -0.2) is 18.3 Å². The maximum absolute atomic E-state index is 11.7. The molecule has 0 saturated heterocycles. The number of ether oxygens (including phenoxy) is 1. The lowest BCUT2D eigenvalue weighted by Crippen LogP contribution is -2.02. The SMILES string of the molecule is O=C1CCc2cccc(OCCCCCl)c21. The van der Waals surface area contributed by atoms with Crippen LogP contribution in [0.2, 0.25) is 0 Å². The lowest BCUT2D eigenvalue weighted by Gasteiger charge is -2.09. The fraction of sp³-hybridized carbons (Fsp3) is 0.462. The van der Waals surface area contributed by atoms with Crippen LogP contribution in [0.15, 0.2) is 18.2 Å². The molecule has 86 valence electrons. The van der Waals surface area contributed by atoms with E-state index in [4.69, 9.17) is 16.3 Å². The van der Waals surface area contributed by atoms with Gasteiger partial charge in [-0.1, -0.05) is 12.1 Å². The van der Waals surface area contributed by atoms with Gasteiger partial charge in [0.15, 0.2) is 5.78 Å². The summed E-state index contributed by atoms with van der Waals surface area (Å²) >= 11 is 5.59. The van der Waals surface area contributed by atoms with Gasteiger partial charge in [0.1, 0.15) is 5.75 Å². The second-order valence-corrected chi connectivity index (χ2v) is 4.34. The van der Waals surface area contributed by atoms with Gasteiger partial charge in [0, 0.05) is 12.3 Å². The normalized spacial score (nSPS) is 13.9. The van der Waals surface area contributed by atoms with Gasteiger partial charge in [-0.2, -0.15) is 0 Å². The summed E-state index contributed by atoms with van der Waals surface area (Å²) in [5.41, 5.74) is 1.92. The number of hydrogen-bond acceptors (Lipinski definition) is 2. The molecule has 1 aromatic rings. The topological polar surface area (TPSA) is 26.3 Å². The van der Waals surface area contributed by atoms with Crippen LogP contribution >= 0.6 is 11.6 Å². The molecular formula is C13H15ClO2. The Labute approximate surface area is 101 Å². The van der Waals surface area contributed by atoms with Crippen molar-refractivity contribution in [2.45, 2.75) is 25.7 Å². The highest BCUT2D eigenvalue weighted by atomic mass is 35.5. The maximum atomic E-state index is 11.7. The van der Waals surface area contributed by atoms with Crippen molar-refractivity contribution in [1.29, 1.82) is 0 Å². The fourth-order valence-electron chi connectivity index (χ4n) is 1.97. The largest absolute Gasteiger partial charge is 0.493 e. The third-order valence-corrected chi connectivity index (χ3v) is 3.07. The van der Waals surface area contributed by atoms with E-state index in [1.165, 1.54) is 0 Å². The Morgan fingerprint density at radius 3 is 2.94 bits per heavy atom. The number of halogens is 1. The molecule has 0 heterocycles. The van der Waals surface area contributed by atoms with Crippen molar-refractivity contribution in [3.05, 3.63) is 29.3 Å². The van der Waals surface area contributed by atoms with Crippen LogP contribution in [0.1, 0.15) is 35.2 Å². The summed E-state index contributed by atoms with van der Waals surface area (Å²) in [6, 6.07) is 5.84. The van der Waals surface area contributed by atoms with Gasteiger partial charge in [-0.15, -0.1) is 11.6 Å². The summed E-state index contributed by atoms with van der Waals surface area (Å²) in [6.45, 7) is 0.635. The number of benzene rings is 1. The van der Waals surface area contributed by atoms with Crippen molar-refractivity contribution in [2.75, 3.05) is 12.5 Å². The minimum atomic E-state index is 0.211. The zero-order valence-corrected chi connectivity index (χ0v) is 9.93. The summed E-state index contributed by atoms with van der Waals surface area (Å²) in [7, 11) is 0. The smallest absolute Gasteiger partial charge is 0.167 e. The molecule has 0 unspecified atom stereocenters. The van der Waals surface area contributed by atoms with Crippen molar-refractivity contribution in [1.82, 2.24) is 0 Å². The highest BCUT2D eigenvalue weighted by Gasteiger charge is 2.23. The van der Waals surface area contributed by atoms with E-state index >= 15 is 0 Å². The van der Waals surface area contributed by atoms with Crippen LogP contribution in [-0.2, 0) is 6.42 Å². The van der Waals surface area contributed by atoms with E-state index in [1.54, 1.807) is 0 Å². The van der Waals surface area contributed by atoms with Gasteiger partial charge in [0.25, 0.3) is 0 Å². The van der Waals surface area contributed by atoms with E-state index in [0.717, 1.165) is 36.1 Å². The van der Waals surface area contributed by atoms with E-state index in [9.17, 15) is 4.79 Å². The predicted molar refractivity (Wildman–Crippen MR) is 64.5 cm³/mol. The number of ketones is 1. The second kappa shape index (κ2) is 5.35. The number of alkyl halides is 1. The summed E-state index contributed by atoms with van der Waals surface area (Å²) in [6.07, 6.45) is 3.36. The Morgan fingerprint density at radius 2 is 2.12 bits per heavy atom. The van der Waals surface area contributed by atoms with E-state index in [1.807, 2.05) is 18.2 Å². The molecule has 0 aliphatic heterocycles. The van der Waals surface area contributed by atoms with Crippen molar-refractivity contribution in [3.8, 4) is 5.75 Å². The first-order valence-corrected chi connectivity index (χ1v) is 6.20. The Bertz CT molecular complexity index is 388. The number of aryl methyl sites for hydroxylation is 1. The van der Waals surface area contributed by atoms with Crippen molar-refractivity contribution in [3.63, 3.8) is 0 Å². The second-order valence-electron chi connectivity index (χ2n) is 3.96. The van der Waals surface area contributed by atoms with Crippen LogP contribution in [0.25, 0.3) is 0 Å². The van der Waals surface area contributed by atoms with Crippen LogP contribution in [0.4, 0.5) is 0 Å². The van der Waals surface area contributed by atoms with Crippen LogP contribution < -0.4 is 4.74 Å². The molecule has 0 bridgehead atoms. The Balaban J connectivity index is 2.04. The van der Waals surface area contributed by atoms with Gasteiger partial charge in [0.2, 0.25) is 0 Å². The molecule has 0 fully saturated rings. The van der Waals surface area contributed by atoms with E-state index in [-0.39, 0.29) is 5.78 Å². The van der Waals surface area contributed by atoms with Gasteiger partial charge < -0.3 is 4.74 Å². The third kappa shape index (κ3) is 2.38. The Kier molecular flexibility index (Phi) is 3.83. The molecule has 1 aliphatic rings. The summed E-state index contributed by atoms with van der Waals surface area (Å²) < 4.78 is 5.64. The molecule has 0 N–H and O–H groups in total. The number of rotatable bonds is 5. The number of unbranched alkanes of at least 4 members (excludes halogenated alkanes) is 1. The minimum absolute atomic E-state index is 0.211. The average Bonchev–Trinajstić information content (AvgIpc) is 2.68. The van der Waals surface area contributed by atoms with Crippen molar-refractivity contribution in [2.24, 2.45) is 0 Å². The average molecular weight is 239 g/mol. The van der Waals surface area contributed by atoms with Crippen molar-refractivity contribution >= 4 is 17.4 Å². The first-order valence-electron chi connectivity index (χ1n) is 5.67. The lowest BCUT2D eigenvalue weighted by molar-refractivity contribution is 0.0991. The monoisotopic (exact) mass is 238 g/mol. The molecule has 0 atom stereocenters. The van der Waals surface area contributed by atoms with Gasteiger partial charge in [-0.3, -0.25) is 4.79 Å². The summed E-state index contributed by atoms with van der Waals surface area (Å²) in [5, 5.41) is 0. The standard InChI is InChI=1S/C13H15ClO2/c14-8-1-2-9-16-12-5-3-4-10-6-7-11(15)13(10)12/h3-5H,1-2,6-9H2. The van der Waals surface area contributed by atoms with E-state index < -0.39 is 0 Å². The van der Waals surface area contributed by atoms with Crippen LogP contribution in [0.5, 0.6) is 5.75 Å². The number of hydrogen-bond donors (Lipinski definition) is 0. The molecule has 2 nitrogen and oxygen atoms in total. The third-order valence-electron chi connectivity index (χ3n) is 2.80. The summed E-state index contributed by atoms with van der Waals surface area (Å²) in [5.74, 6) is 1.62. The zero-order chi connectivity index (χ0) is 11.4. The molecule has 2 rings (SSSR count). The molecule has 1 aromatic carbocycles. The van der Waals surface area contributed by atoms with Gasteiger partial charge in [0.05, 0.1) is 12.2 Å².